The molecule has 0 aromatic carbocycles. The van der Waals surface area contributed by atoms with Crippen LogP contribution in [0.1, 0.15) is 12.8 Å². The molecule has 7 heteroatoms. The average molecular weight is 327 g/mol. The van der Waals surface area contributed by atoms with Crippen LogP contribution in [0.5, 0.6) is 5.75 Å². The lowest BCUT2D eigenvalue weighted by Crippen LogP contribution is -2.46. The minimum absolute atomic E-state index is 0.156. The third-order valence-corrected chi connectivity index (χ3v) is 4.03. The fourth-order valence-corrected chi connectivity index (χ4v) is 2.74. The molecule has 0 radical (unpaired) electrons. The number of anilines is 2. The molecule has 2 N–H and O–H groups in total. The minimum Gasteiger partial charge on any atom is -0.497 e. The summed E-state index contributed by atoms with van der Waals surface area (Å²) in [6.07, 6.45) is 6.79. The summed E-state index contributed by atoms with van der Waals surface area (Å²) >= 11 is 0. The van der Waals surface area contributed by atoms with Gasteiger partial charge in [-0.3, -0.25) is 4.98 Å². The van der Waals surface area contributed by atoms with Crippen LogP contribution in [0.2, 0.25) is 0 Å². The van der Waals surface area contributed by atoms with E-state index in [1.54, 1.807) is 31.8 Å². The third kappa shape index (κ3) is 4.13. The minimum atomic E-state index is -0.194. The zero-order valence-corrected chi connectivity index (χ0v) is 13.6. The van der Waals surface area contributed by atoms with Crippen LogP contribution in [0.4, 0.5) is 16.3 Å². The topological polar surface area (TPSA) is 79.4 Å². The van der Waals surface area contributed by atoms with Gasteiger partial charge in [-0.05, 0) is 31.0 Å². The summed E-state index contributed by atoms with van der Waals surface area (Å²) in [5, 5.41) is 5.80. The van der Waals surface area contributed by atoms with E-state index in [4.69, 9.17) is 4.74 Å². The Morgan fingerprint density at radius 2 is 2.12 bits per heavy atom. The first-order chi connectivity index (χ1) is 11.7. The number of hydrogen-bond acceptors (Lipinski definition) is 5. The molecule has 3 rings (SSSR count). The van der Waals surface area contributed by atoms with Crippen molar-refractivity contribution < 1.29 is 9.53 Å². The molecule has 0 saturated carbocycles. The van der Waals surface area contributed by atoms with Crippen molar-refractivity contribution in [3.8, 4) is 5.75 Å². The van der Waals surface area contributed by atoms with Gasteiger partial charge in [0.15, 0.2) is 0 Å². The molecular weight excluding hydrogens is 306 g/mol. The predicted molar refractivity (Wildman–Crippen MR) is 92.4 cm³/mol. The number of methoxy groups -OCH3 is 1. The maximum absolute atomic E-state index is 12.0. The number of piperidine rings is 1. The summed E-state index contributed by atoms with van der Waals surface area (Å²) in [5.74, 6) is 1.71. The van der Waals surface area contributed by atoms with Gasteiger partial charge in [0.25, 0.3) is 0 Å². The number of carbonyl (C=O) groups excluding carboxylic acids is 1. The van der Waals surface area contributed by atoms with Crippen LogP contribution in [0.25, 0.3) is 0 Å². The van der Waals surface area contributed by atoms with Gasteiger partial charge in [0.1, 0.15) is 11.6 Å². The van der Waals surface area contributed by atoms with Crippen LogP contribution >= 0.6 is 0 Å². The van der Waals surface area contributed by atoms with Gasteiger partial charge in [-0.25, -0.2) is 9.78 Å². The Kier molecular flexibility index (Phi) is 5.10. The van der Waals surface area contributed by atoms with Crippen molar-refractivity contribution in [1.82, 2.24) is 15.3 Å². The number of hydrogen-bond donors (Lipinski definition) is 2. The molecule has 0 aliphatic carbocycles. The van der Waals surface area contributed by atoms with E-state index < -0.39 is 0 Å². The molecule has 0 atom stereocenters. The monoisotopic (exact) mass is 327 g/mol. The van der Waals surface area contributed by atoms with Crippen LogP contribution in [0, 0.1) is 0 Å². The van der Waals surface area contributed by atoms with Crippen molar-refractivity contribution in [3.05, 3.63) is 42.9 Å². The molecule has 0 bridgehead atoms. The second kappa shape index (κ2) is 7.63. The highest BCUT2D eigenvalue weighted by atomic mass is 16.5. The maximum atomic E-state index is 12.0. The van der Waals surface area contributed by atoms with E-state index in [9.17, 15) is 4.79 Å². The van der Waals surface area contributed by atoms with Crippen LogP contribution in [0.15, 0.2) is 42.9 Å². The van der Waals surface area contributed by atoms with Crippen molar-refractivity contribution >= 4 is 17.5 Å². The average Bonchev–Trinajstić information content (AvgIpc) is 2.63. The fraction of sp³-hybridized carbons (Fsp3) is 0.353. The van der Waals surface area contributed by atoms with Gasteiger partial charge >= 0.3 is 6.03 Å². The van der Waals surface area contributed by atoms with Crippen molar-refractivity contribution in [2.24, 2.45) is 0 Å². The Balaban J connectivity index is 1.49. The molecule has 126 valence electrons. The number of nitrogens with one attached hydrogen (secondary N) is 2. The van der Waals surface area contributed by atoms with Crippen LogP contribution < -0.4 is 20.3 Å². The first-order valence-corrected chi connectivity index (χ1v) is 7.97. The standard InChI is InChI=1S/C17H21N5O2/c1-24-15-4-8-19-16(11-15)22-9-5-13(6-10-22)20-17(23)21-14-3-2-7-18-12-14/h2-4,7-8,11-13H,5-6,9-10H2,1H3,(H2,20,21,23). The highest BCUT2D eigenvalue weighted by molar-refractivity contribution is 5.89. The van der Waals surface area contributed by atoms with Gasteiger partial charge in [0, 0.05) is 37.6 Å². The summed E-state index contributed by atoms with van der Waals surface area (Å²) in [6.45, 7) is 1.69. The van der Waals surface area contributed by atoms with Crippen molar-refractivity contribution in [2.45, 2.75) is 18.9 Å². The number of carbonyl (C=O) groups is 1. The molecule has 2 aromatic heterocycles. The molecule has 7 nitrogen and oxygen atoms in total. The van der Waals surface area contributed by atoms with E-state index in [0.717, 1.165) is 37.5 Å². The Labute approximate surface area is 141 Å². The summed E-state index contributed by atoms with van der Waals surface area (Å²) < 4.78 is 5.24. The molecule has 1 aliphatic heterocycles. The first kappa shape index (κ1) is 16.0. The predicted octanol–water partition coefficient (Wildman–Crippen LogP) is 2.28. The van der Waals surface area contributed by atoms with Gasteiger partial charge in [0.05, 0.1) is 19.0 Å². The molecular formula is C17H21N5O2. The van der Waals surface area contributed by atoms with Gasteiger partial charge in [0.2, 0.25) is 0 Å². The van der Waals surface area contributed by atoms with Crippen LogP contribution in [-0.4, -0.2) is 42.2 Å². The quantitative estimate of drug-likeness (QED) is 0.900. The van der Waals surface area contributed by atoms with Crippen molar-refractivity contribution in [3.63, 3.8) is 0 Å². The molecule has 2 amide bonds. The number of nitrogens with zero attached hydrogens (tertiary/aromatic N) is 3. The Morgan fingerprint density at radius 1 is 1.29 bits per heavy atom. The van der Waals surface area contributed by atoms with Crippen LogP contribution in [0.3, 0.4) is 0 Å². The zero-order chi connectivity index (χ0) is 16.8. The van der Waals surface area contributed by atoms with E-state index in [2.05, 4.69) is 25.5 Å². The normalized spacial score (nSPS) is 15.0. The lowest BCUT2D eigenvalue weighted by molar-refractivity contribution is 0.246. The van der Waals surface area contributed by atoms with E-state index >= 15 is 0 Å². The highest BCUT2D eigenvalue weighted by Gasteiger charge is 2.21. The van der Waals surface area contributed by atoms with E-state index in [0.29, 0.717) is 5.69 Å². The SMILES string of the molecule is COc1ccnc(N2CCC(NC(=O)Nc3cccnc3)CC2)c1. The lowest BCUT2D eigenvalue weighted by atomic mass is 10.1. The maximum Gasteiger partial charge on any atom is 0.319 e. The molecule has 24 heavy (non-hydrogen) atoms. The second-order valence-electron chi connectivity index (χ2n) is 5.66. The van der Waals surface area contributed by atoms with Crippen LogP contribution in [-0.2, 0) is 0 Å². The molecule has 3 heterocycles. The molecule has 0 unspecified atom stereocenters. The number of rotatable bonds is 4. The Hall–Kier alpha value is -2.83. The van der Waals surface area contributed by atoms with Crippen molar-refractivity contribution in [2.75, 3.05) is 30.4 Å². The van der Waals surface area contributed by atoms with Crippen molar-refractivity contribution in [1.29, 1.82) is 0 Å². The fourth-order valence-electron chi connectivity index (χ4n) is 2.74. The summed E-state index contributed by atoms with van der Waals surface area (Å²) in [6, 6.07) is 7.33. The first-order valence-electron chi connectivity index (χ1n) is 7.97. The number of pyridine rings is 2. The summed E-state index contributed by atoms with van der Waals surface area (Å²) in [7, 11) is 1.65. The lowest BCUT2D eigenvalue weighted by Gasteiger charge is -2.33. The van der Waals surface area contributed by atoms with Gasteiger partial charge in [-0.2, -0.15) is 0 Å². The molecule has 1 fully saturated rings. The zero-order valence-electron chi connectivity index (χ0n) is 13.6. The highest BCUT2D eigenvalue weighted by Crippen LogP contribution is 2.21. The van der Waals surface area contributed by atoms with E-state index in [1.165, 1.54) is 0 Å². The number of aromatic nitrogens is 2. The molecule has 1 saturated heterocycles. The number of urea groups is 1. The number of amides is 2. The number of ether oxygens (including phenoxy) is 1. The van der Waals surface area contributed by atoms with Gasteiger partial charge < -0.3 is 20.3 Å². The Bertz CT molecular complexity index is 672. The van der Waals surface area contributed by atoms with E-state index in [-0.39, 0.29) is 12.1 Å². The van der Waals surface area contributed by atoms with Gasteiger partial charge in [-0.15, -0.1) is 0 Å². The molecule has 2 aromatic rings. The van der Waals surface area contributed by atoms with Gasteiger partial charge in [-0.1, -0.05) is 0 Å². The third-order valence-electron chi connectivity index (χ3n) is 4.03. The van der Waals surface area contributed by atoms with E-state index in [1.807, 2.05) is 18.2 Å². The molecule has 0 spiro atoms. The summed E-state index contributed by atoms with van der Waals surface area (Å²) in [4.78, 5) is 22.6. The second-order valence-corrected chi connectivity index (χ2v) is 5.66. The molecule has 1 aliphatic rings. The largest absolute Gasteiger partial charge is 0.497 e. The summed E-state index contributed by atoms with van der Waals surface area (Å²) in [5.41, 5.74) is 0.688. The Morgan fingerprint density at radius 3 is 2.83 bits per heavy atom. The smallest absolute Gasteiger partial charge is 0.319 e.